The van der Waals surface area contributed by atoms with E-state index in [4.69, 9.17) is 10.5 Å². The highest BCUT2D eigenvalue weighted by atomic mass is 32.1. The standard InChI is InChI=1S/C26H34FN7O2S/c1-2-6-18-7-3-4-12-34(13-10-31-25(35)20-17-36-14-11-29-20)21(18)15-23(28)33-26-32-16-22(37-26)24-19(27)8-5-9-30-24/h4-5,8-9,12,15-16,20,29H,2-3,6-7,10-11,13-14,17,28H2,1H3,(H,31,35)(H,32,33)/b23-15+/t20-/m0/s1. The quantitative estimate of drug-likeness (QED) is 0.372. The van der Waals surface area contributed by atoms with Crippen LogP contribution in [-0.4, -0.2) is 59.7 Å². The van der Waals surface area contributed by atoms with Crippen LogP contribution in [0.1, 0.15) is 32.6 Å². The lowest BCUT2D eigenvalue weighted by molar-refractivity contribution is -0.125. The zero-order valence-corrected chi connectivity index (χ0v) is 21.8. The van der Waals surface area contributed by atoms with Gasteiger partial charge in [-0.3, -0.25) is 9.78 Å². The van der Waals surface area contributed by atoms with Crippen LogP contribution in [0.3, 0.4) is 0 Å². The monoisotopic (exact) mass is 527 g/mol. The molecule has 4 heterocycles. The fraction of sp³-hybridized carbons (Fsp3) is 0.423. The number of pyridine rings is 1. The molecule has 9 nitrogen and oxygen atoms in total. The van der Waals surface area contributed by atoms with Crippen molar-refractivity contribution in [1.82, 2.24) is 25.5 Å². The third kappa shape index (κ3) is 7.37. The first-order valence-electron chi connectivity index (χ1n) is 12.6. The summed E-state index contributed by atoms with van der Waals surface area (Å²) in [6.45, 7) is 4.93. The molecule has 0 unspecified atom stereocenters. The molecule has 1 amide bonds. The summed E-state index contributed by atoms with van der Waals surface area (Å²) in [6, 6.07) is 2.61. The van der Waals surface area contributed by atoms with Gasteiger partial charge in [-0.2, -0.15) is 0 Å². The number of carbonyl (C=O) groups is 1. The first-order chi connectivity index (χ1) is 18.0. The molecule has 0 aromatic carbocycles. The van der Waals surface area contributed by atoms with Crippen LogP contribution < -0.4 is 21.7 Å². The van der Waals surface area contributed by atoms with Crippen molar-refractivity contribution in [1.29, 1.82) is 0 Å². The molecule has 0 bridgehead atoms. The number of amides is 1. The SMILES string of the molecule is CCCC1=C(/C=C(\N)Nc2ncc(-c3ncccc3F)s2)N(CCNC(=O)[C@@H]2COCCN2)C=CCC1. The van der Waals surface area contributed by atoms with Crippen molar-refractivity contribution in [2.75, 3.05) is 38.2 Å². The third-order valence-electron chi connectivity index (χ3n) is 6.05. The summed E-state index contributed by atoms with van der Waals surface area (Å²) in [7, 11) is 0. The third-order valence-corrected chi connectivity index (χ3v) is 6.97. The van der Waals surface area contributed by atoms with Gasteiger partial charge < -0.3 is 31.3 Å². The van der Waals surface area contributed by atoms with Gasteiger partial charge in [0.1, 0.15) is 23.4 Å². The van der Waals surface area contributed by atoms with E-state index in [0.717, 1.165) is 31.4 Å². The lowest BCUT2D eigenvalue weighted by atomic mass is 10.0. The van der Waals surface area contributed by atoms with Crippen molar-refractivity contribution in [3.63, 3.8) is 0 Å². The summed E-state index contributed by atoms with van der Waals surface area (Å²) < 4.78 is 19.5. The van der Waals surface area contributed by atoms with E-state index in [-0.39, 0.29) is 17.6 Å². The molecule has 2 aliphatic rings. The van der Waals surface area contributed by atoms with Crippen LogP contribution >= 0.6 is 11.3 Å². The highest BCUT2D eigenvalue weighted by Gasteiger charge is 2.21. The van der Waals surface area contributed by atoms with E-state index >= 15 is 0 Å². The van der Waals surface area contributed by atoms with Gasteiger partial charge in [0.05, 0.1) is 18.1 Å². The summed E-state index contributed by atoms with van der Waals surface area (Å²) in [5.74, 6) is -0.0207. The number of halogens is 1. The Hall–Kier alpha value is -3.28. The van der Waals surface area contributed by atoms with Crippen molar-refractivity contribution < 1.29 is 13.9 Å². The van der Waals surface area contributed by atoms with Gasteiger partial charge in [-0.25, -0.2) is 9.37 Å². The molecule has 5 N–H and O–H groups in total. The van der Waals surface area contributed by atoms with Gasteiger partial charge >= 0.3 is 0 Å². The number of carbonyl (C=O) groups excluding carboxylic acids is 1. The average molecular weight is 528 g/mol. The predicted octanol–water partition coefficient (Wildman–Crippen LogP) is 3.32. The predicted molar refractivity (Wildman–Crippen MR) is 144 cm³/mol. The normalized spacial score (nSPS) is 18.6. The molecular weight excluding hydrogens is 493 g/mol. The molecule has 198 valence electrons. The molecule has 0 saturated carbocycles. The van der Waals surface area contributed by atoms with Gasteiger partial charge in [0.15, 0.2) is 5.13 Å². The van der Waals surface area contributed by atoms with Crippen LogP contribution in [0.25, 0.3) is 10.6 Å². The van der Waals surface area contributed by atoms with E-state index < -0.39 is 5.82 Å². The lowest BCUT2D eigenvalue weighted by Crippen LogP contribution is -2.52. The summed E-state index contributed by atoms with van der Waals surface area (Å²) in [6.07, 6.45) is 13.1. The Morgan fingerprint density at radius 1 is 1.43 bits per heavy atom. The minimum atomic E-state index is -0.393. The zero-order chi connectivity index (χ0) is 26.0. The number of nitrogens with two attached hydrogens (primary N) is 1. The Morgan fingerprint density at radius 2 is 2.32 bits per heavy atom. The molecule has 4 rings (SSSR count). The number of nitrogens with zero attached hydrogens (tertiary/aromatic N) is 3. The Bertz CT molecular complexity index is 1160. The Labute approximate surface area is 220 Å². The minimum absolute atomic E-state index is 0.0570. The molecule has 1 saturated heterocycles. The highest BCUT2D eigenvalue weighted by Crippen LogP contribution is 2.30. The van der Waals surface area contributed by atoms with Gasteiger partial charge in [-0.15, -0.1) is 0 Å². The highest BCUT2D eigenvalue weighted by molar-refractivity contribution is 7.18. The van der Waals surface area contributed by atoms with Crippen molar-refractivity contribution >= 4 is 22.4 Å². The van der Waals surface area contributed by atoms with Crippen molar-refractivity contribution in [3.05, 3.63) is 65.8 Å². The van der Waals surface area contributed by atoms with E-state index in [9.17, 15) is 9.18 Å². The van der Waals surface area contributed by atoms with Crippen LogP contribution in [0.5, 0.6) is 0 Å². The second-order valence-electron chi connectivity index (χ2n) is 8.82. The Kier molecular flexibility index (Phi) is 9.64. The van der Waals surface area contributed by atoms with E-state index in [2.05, 4.69) is 50.0 Å². The van der Waals surface area contributed by atoms with Crippen LogP contribution in [0.4, 0.5) is 9.52 Å². The number of hydrogen-bond donors (Lipinski definition) is 4. The van der Waals surface area contributed by atoms with Crippen LogP contribution in [-0.2, 0) is 9.53 Å². The first kappa shape index (κ1) is 26.8. The molecule has 11 heteroatoms. The topological polar surface area (TPSA) is 117 Å². The maximum absolute atomic E-state index is 14.1. The first-order valence-corrected chi connectivity index (χ1v) is 13.4. The van der Waals surface area contributed by atoms with Crippen LogP contribution in [0.15, 0.2) is 60.0 Å². The summed E-state index contributed by atoms with van der Waals surface area (Å²) in [5.41, 5.74) is 9.00. The molecule has 1 atom stereocenters. The van der Waals surface area contributed by atoms with E-state index in [1.54, 1.807) is 18.5 Å². The molecule has 0 spiro atoms. The average Bonchev–Trinajstić information content (AvgIpc) is 3.28. The molecule has 1 fully saturated rings. The number of rotatable bonds is 10. The van der Waals surface area contributed by atoms with Gasteiger partial charge in [0.2, 0.25) is 5.91 Å². The number of allylic oxidation sites excluding steroid dienone is 3. The summed E-state index contributed by atoms with van der Waals surface area (Å²) in [5, 5.41) is 9.88. The lowest BCUT2D eigenvalue weighted by Gasteiger charge is -2.26. The van der Waals surface area contributed by atoms with Crippen molar-refractivity contribution in [3.8, 4) is 10.6 Å². The number of morpholine rings is 1. The van der Waals surface area contributed by atoms with Crippen molar-refractivity contribution in [2.24, 2.45) is 5.73 Å². The number of ether oxygens (including phenoxy) is 1. The van der Waals surface area contributed by atoms with E-state index in [1.165, 1.54) is 23.0 Å². The summed E-state index contributed by atoms with van der Waals surface area (Å²) in [4.78, 5) is 23.7. The molecule has 2 aromatic heterocycles. The van der Waals surface area contributed by atoms with Crippen LogP contribution in [0, 0.1) is 5.82 Å². The molecular formula is C26H34FN7O2S. The second kappa shape index (κ2) is 13.3. The van der Waals surface area contributed by atoms with Gasteiger partial charge in [-0.1, -0.05) is 30.8 Å². The van der Waals surface area contributed by atoms with E-state index in [1.807, 2.05) is 6.08 Å². The number of aromatic nitrogens is 2. The van der Waals surface area contributed by atoms with Crippen molar-refractivity contribution in [2.45, 2.75) is 38.6 Å². The molecule has 37 heavy (non-hydrogen) atoms. The number of thiazole rings is 1. The Balaban J connectivity index is 1.46. The maximum Gasteiger partial charge on any atom is 0.239 e. The maximum atomic E-state index is 14.1. The second-order valence-corrected chi connectivity index (χ2v) is 9.85. The molecule has 0 aliphatic carbocycles. The van der Waals surface area contributed by atoms with Crippen LogP contribution in [0.2, 0.25) is 0 Å². The Morgan fingerprint density at radius 3 is 3.11 bits per heavy atom. The number of hydrogen-bond acceptors (Lipinski definition) is 9. The molecule has 2 aromatic rings. The fourth-order valence-corrected chi connectivity index (χ4v) is 5.11. The zero-order valence-electron chi connectivity index (χ0n) is 21.0. The summed E-state index contributed by atoms with van der Waals surface area (Å²) >= 11 is 1.28. The number of nitrogens with one attached hydrogen (secondary N) is 3. The van der Waals surface area contributed by atoms with Gasteiger partial charge in [0, 0.05) is 50.0 Å². The smallest absolute Gasteiger partial charge is 0.239 e. The van der Waals surface area contributed by atoms with Gasteiger partial charge in [-0.05, 0) is 37.0 Å². The molecule has 0 radical (unpaired) electrons. The fourth-order valence-electron chi connectivity index (χ4n) is 4.28. The largest absolute Gasteiger partial charge is 0.385 e. The van der Waals surface area contributed by atoms with E-state index in [0.29, 0.717) is 48.7 Å². The minimum Gasteiger partial charge on any atom is -0.385 e. The molecule has 2 aliphatic heterocycles. The van der Waals surface area contributed by atoms with Gasteiger partial charge in [0.25, 0.3) is 0 Å². The number of anilines is 1.